The lowest BCUT2D eigenvalue weighted by molar-refractivity contribution is 0.457. The van der Waals surface area contributed by atoms with Crippen LogP contribution in [0.4, 0.5) is 4.39 Å². The van der Waals surface area contributed by atoms with Crippen molar-refractivity contribution in [2.24, 2.45) is 10.8 Å². The predicted octanol–water partition coefficient (Wildman–Crippen LogP) is 4.56. The Kier molecular flexibility index (Phi) is 2.91. The second-order valence-corrected chi connectivity index (χ2v) is 7.17. The number of imidazole rings is 1. The van der Waals surface area contributed by atoms with Gasteiger partial charge in [0.2, 0.25) is 0 Å². The zero-order valence-corrected chi connectivity index (χ0v) is 13.1. The van der Waals surface area contributed by atoms with Gasteiger partial charge in [0, 0.05) is 18.3 Å². The molecule has 0 atom stereocenters. The fourth-order valence-electron chi connectivity index (χ4n) is 3.49. The minimum Gasteiger partial charge on any atom is -0.324 e. The molecule has 3 rings (SSSR count). The molecular weight excluding hydrogens is 275 g/mol. The summed E-state index contributed by atoms with van der Waals surface area (Å²) in [6.07, 6.45) is 0.665. The van der Waals surface area contributed by atoms with Gasteiger partial charge in [0.05, 0.1) is 5.52 Å². The van der Waals surface area contributed by atoms with E-state index in [0.717, 1.165) is 11.3 Å². The first-order chi connectivity index (χ1) is 9.32. The van der Waals surface area contributed by atoms with E-state index in [0.29, 0.717) is 23.9 Å². The number of hydrogen-bond acceptors (Lipinski definition) is 1. The molecule has 108 valence electrons. The Morgan fingerprint density at radius 2 is 1.90 bits per heavy atom. The van der Waals surface area contributed by atoms with E-state index in [2.05, 4.69) is 37.2 Å². The van der Waals surface area contributed by atoms with Crippen LogP contribution in [0.25, 0.3) is 11.0 Å². The summed E-state index contributed by atoms with van der Waals surface area (Å²) >= 11 is 5.90. The summed E-state index contributed by atoms with van der Waals surface area (Å²) in [6, 6.07) is 5.50. The average molecular weight is 295 g/mol. The van der Waals surface area contributed by atoms with Crippen molar-refractivity contribution in [2.45, 2.75) is 40.2 Å². The smallest absolute Gasteiger partial charge is 0.151 e. The van der Waals surface area contributed by atoms with Gasteiger partial charge in [0.1, 0.15) is 11.3 Å². The molecule has 0 saturated heterocycles. The molecule has 1 saturated carbocycles. The molecule has 2 aromatic rings. The number of para-hydroxylation sites is 1. The highest BCUT2D eigenvalue weighted by atomic mass is 35.5. The van der Waals surface area contributed by atoms with Gasteiger partial charge in [-0.2, -0.15) is 0 Å². The van der Waals surface area contributed by atoms with E-state index in [1.807, 2.05) is 6.07 Å². The average Bonchev–Trinajstić information content (AvgIpc) is 2.67. The Hall–Kier alpha value is -1.09. The van der Waals surface area contributed by atoms with E-state index in [-0.39, 0.29) is 16.6 Å². The zero-order valence-electron chi connectivity index (χ0n) is 12.4. The Morgan fingerprint density at radius 3 is 2.45 bits per heavy atom. The van der Waals surface area contributed by atoms with Crippen molar-refractivity contribution in [1.29, 1.82) is 0 Å². The normalized spacial score (nSPS) is 20.5. The standard InChI is InChI=1S/C16H20ClFN2/c1-15(2)14(16(15,3)4)20-11-7-5-6-10(18)13(11)19-12(20)8-9-17/h5-7,14H,8-9H2,1-4H3. The van der Waals surface area contributed by atoms with Crippen LogP contribution in [0.1, 0.15) is 39.6 Å². The van der Waals surface area contributed by atoms with Crippen molar-refractivity contribution in [1.82, 2.24) is 9.55 Å². The van der Waals surface area contributed by atoms with Gasteiger partial charge < -0.3 is 4.57 Å². The highest BCUT2D eigenvalue weighted by Crippen LogP contribution is 2.72. The van der Waals surface area contributed by atoms with Crippen molar-refractivity contribution in [3.05, 3.63) is 29.8 Å². The van der Waals surface area contributed by atoms with E-state index < -0.39 is 0 Å². The van der Waals surface area contributed by atoms with Crippen LogP contribution in [0.2, 0.25) is 0 Å². The summed E-state index contributed by atoms with van der Waals surface area (Å²) in [5.41, 5.74) is 1.70. The maximum atomic E-state index is 14.0. The summed E-state index contributed by atoms with van der Waals surface area (Å²) in [7, 11) is 0. The van der Waals surface area contributed by atoms with Gasteiger partial charge in [-0.1, -0.05) is 33.8 Å². The molecule has 1 fully saturated rings. The topological polar surface area (TPSA) is 17.8 Å². The minimum atomic E-state index is -0.256. The summed E-state index contributed by atoms with van der Waals surface area (Å²) in [5.74, 6) is 1.13. The number of alkyl halides is 1. The molecule has 0 unspecified atom stereocenters. The van der Waals surface area contributed by atoms with E-state index >= 15 is 0 Å². The number of aryl methyl sites for hydroxylation is 1. The van der Waals surface area contributed by atoms with Crippen LogP contribution in [0.3, 0.4) is 0 Å². The highest BCUT2D eigenvalue weighted by molar-refractivity contribution is 6.17. The number of halogens is 2. The maximum Gasteiger partial charge on any atom is 0.151 e. The third kappa shape index (κ3) is 1.65. The molecule has 1 heterocycles. The predicted molar refractivity (Wildman–Crippen MR) is 80.7 cm³/mol. The third-order valence-corrected chi connectivity index (χ3v) is 5.45. The van der Waals surface area contributed by atoms with E-state index in [9.17, 15) is 4.39 Å². The monoisotopic (exact) mass is 294 g/mol. The van der Waals surface area contributed by atoms with Crippen LogP contribution in [0, 0.1) is 16.6 Å². The molecule has 0 amide bonds. The number of benzene rings is 1. The molecule has 1 aromatic heterocycles. The lowest BCUT2D eigenvalue weighted by Crippen LogP contribution is -2.07. The van der Waals surface area contributed by atoms with Crippen molar-refractivity contribution < 1.29 is 4.39 Å². The number of rotatable bonds is 3. The molecule has 0 radical (unpaired) electrons. The summed E-state index contributed by atoms with van der Waals surface area (Å²) in [6.45, 7) is 9.03. The second kappa shape index (κ2) is 4.20. The summed E-state index contributed by atoms with van der Waals surface area (Å²) in [4.78, 5) is 4.50. The molecular formula is C16H20ClFN2. The molecule has 20 heavy (non-hydrogen) atoms. The Labute approximate surface area is 123 Å². The summed E-state index contributed by atoms with van der Waals surface area (Å²) < 4.78 is 16.2. The van der Waals surface area contributed by atoms with Gasteiger partial charge in [-0.3, -0.25) is 0 Å². The minimum absolute atomic E-state index is 0.175. The summed E-state index contributed by atoms with van der Waals surface area (Å²) in [5, 5.41) is 0. The lowest BCUT2D eigenvalue weighted by Gasteiger charge is -2.11. The molecule has 1 aromatic carbocycles. The quantitative estimate of drug-likeness (QED) is 0.759. The van der Waals surface area contributed by atoms with Crippen LogP contribution < -0.4 is 0 Å². The van der Waals surface area contributed by atoms with Crippen LogP contribution >= 0.6 is 11.6 Å². The lowest BCUT2D eigenvalue weighted by atomic mass is 10.0. The first-order valence-electron chi connectivity index (χ1n) is 7.03. The molecule has 0 bridgehead atoms. The van der Waals surface area contributed by atoms with Gasteiger partial charge in [-0.05, 0) is 23.0 Å². The molecule has 0 spiro atoms. The first kappa shape index (κ1) is 13.9. The van der Waals surface area contributed by atoms with Gasteiger partial charge in [-0.25, -0.2) is 9.37 Å². The van der Waals surface area contributed by atoms with Crippen LogP contribution in [0.15, 0.2) is 18.2 Å². The number of aromatic nitrogens is 2. The van der Waals surface area contributed by atoms with Crippen molar-refractivity contribution in [2.75, 3.05) is 5.88 Å². The fourth-order valence-corrected chi connectivity index (χ4v) is 3.66. The molecule has 4 heteroatoms. The molecule has 1 aliphatic carbocycles. The van der Waals surface area contributed by atoms with Crippen molar-refractivity contribution in [3.8, 4) is 0 Å². The first-order valence-corrected chi connectivity index (χ1v) is 7.57. The zero-order chi connectivity index (χ0) is 14.7. The van der Waals surface area contributed by atoms with Gasteiger partial charge in [0.25, 0.3) is 0 Å². The van der Waals surface area contributed by atoms with E-state index in [1.54, 1.807) is 6.07 Å². The third-order valence-electron chi connectivity index (χ3n) is 5.26. The van der Waals surface area contributed by atoms with E-state index in [4.69, 9.17) is 11.6 Å². The van der Waals surface area contributed by atoms with Crippen molar-refractivity contribution in [3.63, 3.8) is 0 Å². The molecule has 0 N–H and O–H groups in total. The van der Waals surface area contributed by atoms with Gasteiger partial charge in [0.15, 0.2) is 5.82 Å². The van der Waals surface area contributed by atoms with Crippen LogP contribution in [-0.2, 0) is 6.42 Å². The second-order valence-electron chi connectivity index (χ2n) is 6.79. The number of fused-ring (bicyclic) bond motifs is 1. The molecule has 1 aliphatic rings. The van der Waals surface area contributed by atoms with Gasteiger partial charge in [-0.15, -0.1) is 11.6 Å². The molecule has 2 nitrogen and oxygen atoms in total. The van der Waals surface area contributed by atoms with E-state index in [1.165, 1.54) is 6.07 Å². The largest absolute Gasteiger partial charge is 0.324 e. The SMILES string of the molecule is CC1(C)C(n2c(CCCl)nc3c(F)cccc32)C1(C)C. The molecule has 0 aliphatic heterocycles. The van der Waals surface area contributed by atoms with Crippen molar-refractivity contribution >= 4 is 22.6 Å². The van der Waals surface area contributed by atoms with Crippen LogP contribution in [0.5, 0.6) is 0 Å². The highest BCUT2D eigenvalue weighted by Gasteiger charge is 2.66. The van der Waals surface area contributed by atoms with Gasteiger partial charge >= 0.3 is 0 Å². The maximum absolute atomic E-state index is 14.0. The fraction of sp³-hybridized carbons (Fsp3) is 0.562. The number of nitrogens with zero attached hydrogens (tertiary/aromatic N) is 2. The Morgan fingerprint density at radius 1 is 1.25 bits per heavy atom. The Bertz CT molecular complexity index is 658. The number of hydrogen-bond donors (Lipinski definition) is 0. The Balaban J connectivity index is 2.24. The van der Waals surface area contributed by atoms with Crippen LogP contribution in [-0.4, -0.2) is 15.4 Å².